The van der Waals surface area contributed by atoms with Crippen LogP contribution >= 0.6 is 0 Å². The van der Waals surface area contributed by atoms with E-state index in [1.807, 2.05) is 0 Å². The molecule has 210 valence electrons. The Kier molecular flexibility index (Phi) is 6.84. The van der Waals surface area contributed by atoms with E-state index in [2.05, 4.69) is 152 Å². The van der Waals surface area contributed by atoms with Crippen LogP contribution in [0, 0.1) is 5.92 Å². The first-order valence-electron chi connectivity index (χ1n) is 15.2. The van der Waals surface area contributed by atoms with Gasteiger partial charge in [0.05, 0.1) is 34.3 Å². The van der Waals surface area contributed by atoms with Crippen LogP contribution in [-0.4, -0.2) is 21.3 Å². The van der Waals surface area contributed by atoms with E-state index in [9.17, 15) is 0 Å². The number of nitrogens with zero attached hydrogens (tertiary/aromatic N) is 2. The summed E-state index contributed by atoms with van der Waals surface area (Å²) in [5.41, 5.74) is 8.53. The Balaban J connectivity index is 1.51. The molecule has 0 N–H and O–H groups in total. The fraction of sp³-hybridized carbons (Fsp3) is 0.231. The molecule has 3 nitrogen and oxygen atoms in total. The van der Waals surface area contributed by atoms with E-state index in [-0.39, 0.29) is 12.2 Å². The number of ether oxygens (including phenoxy) is 1. The van der Waals surface area contributed by atoms with Gasteiger partial charge >= 0.3 is 0 Å². The first-order chi connectivity index (χ1) is 20.5. The van der Waals surface area contributed by atoms with E-state index in [1.54, 1.807) is 0 Å². The third kappa shape index (κ3) is 4.68. The molecule has 0 saturated heterocycles. The molecule has 0 aliphatic carbocycles. The van der Waals surface area contributed by atoms with Gasteiger partial charge in [0.15, 0.2) is 0 Å². The van der Waals surface area contributed by atoms with Crippen LogP contribution in [0.4, 0.5) is 0 Å². The van der Waals surface area contributed by atoms with Gasteiger partial charge in [0.1, 0.15) is 0 Å². The number of aromatic nitrogens is 2. The average molecular weight is 551 g/mol. The lowest BCUT2D eigenvalue weighted by Crippen LogP contribution is -2.22. The highest BCUT2D eigenvalue weighted by atomic mass is 16.5. The number of para-hydroxylation sites is 4. The Bertz CT molecular complexity index is 1790. The van der Waals surface area contributed by atoms with Crippen LogP contribution in [0.25, 0.3) is 55.0 Å². The second-order valence-electron chi connectivity index (χ2n) is 12.2. The van der Waals surface area contributed by atoms with Crippen molar-refractivity contribution in [2.45, 2.75) is 52.7 Å². The second kappa shape index (κ2) is 10.8. The van der Waals surface area contributed by atoms with Gasteiger partial charge in [-0.05, 0) is 80.6 Å². The Morgan fingerprint density at radius 3 is 1.26 bits per heavy atom. The summed E-state index contributed by atoms with van der Waals surface area (Å²) in [6, 6.07) is 42.2. The minimum Gasteiger partial charge on any atom is -0.375 e. The van der Waals surface area contributed by atoms with E-state index in [0.29, 0.717) is 5.92 Å². The SMILES string of the molecule is CC(C)CC(Cc1cc(-n2c3ccccc3c3ccccc32)cc(-n2c3ccccc3c3ccccc32)c1)OC(C)C. The molecule has 0 aliphatic heterocycles. The molecule has 0 aliphatic rings. The molecule has 42 heavy (non-hydrogen) atoms. The monoisotopic (exact) mass is 550 g/mol. The van der Waals surface area contributed by atoms with Gasteiger partial charge in [-0.25, -0.2) is 0 Å². The summed E-state index contributed by atoms with van der Waals surface area (Å²) in [6.45, 7) is 8.86. The molecule has 0 bridgehead atoms. The van der Waals surface area contributed by atoms with Gasteiger partial charge < -0.3 is 13.9 Å². The van der Waals surface area contributed by atoms with Crippen LogP contribution in [0.5, 0.6) is 0 Å². The van der Waals surface area contributed by atoms with Crippen molar-refractivity contribution in [3.63, 3.8) is 0 Å². The lowest BCUT2D eigenvalue weighted by molar-refractivity contribution is -0.00269. The third-order valence-corrected chi connectivity index (χ3v) is 8.30. The summed E-state index contributed by atoms with van der Waals surface area (Å²) in [7, 11) is 0. The number of hydrogen-bond acceptors (Lipinski definition) is 1. The standard InChI is InChI=1S/C39H38N2O/c1-26(2)21-31(42-27(3)4)24-28-22-29(40-36-17-9-5-13-32(36)33-14-6-10-18-37(33)40)25-30(23-28)41-38-19-11-7-15-34(38)35-16-8-12-20-39(35)41/h5-20,22-23,25-27,31H,21,24H2,1-4H3. The van der Waals surface area contributed by atoms with Crippen molar-refractivity contribution < 1.29 is 4.74 Å². The van der Waals surface area contributed by atoms with Crippen molar-refractivity contribution in [2.24, 2.45) is 5.92 Å². The highest BCUT2D eigenvalue weighted by Gasteiger charge is 2.19. The molecule has 0 fully saturated rings. The molecule has 0 spiro atoms. The fourth-order valence-corrected chi connectivity index (χ4v) is 6.79. The highest BCUT2D eigenvalue weighted by molar-refractivity contribution is 6.10. The lowest BCUT2D eigenvalue weighted by atomic mass is 9.98. The summed E-state index contributed by atoms with van der Waals surface area (Å²) >= 11 is 0. The number of fused-ring (bicyclic) bond motifs is 6. The van der Waals surface area contributed by atoms with Crippen LogP contribution in [0.3, 0.4) is 0 Å². The quantitative estimate of drug-likeness (QED) is 0.184. The van der Waals surface area contributed by atoms with Crippen LogP contribution in [0.2, 0.25) is 0 Å². The van der Waals surface area contributed by atoms with Crippen LogP contribution in [-0.2, 0) is 11.2 Å². The fourth-order valence-electron chi connectivity index (χ4n) is 6.79. The number of rotatable bonds is 8. The van der Waals surface area contributed by atoms with Gasteiger partial charge in [-0.15, -0.1) is 0 Å². The molecular weight excluding hydrogens is 512 g/mol. The van der Waals surface area contributed by atoms with Crippen molar-refractivity contribution >= 4 is 43.6 Å². The molecule has 7 rings (SSSR count). The molecule has 1 atom stereocenters. The third-order valence-electron chi connectivity index (χ3n) is 8.30. The Hall–Kier alpha value is -4.34. The number of benzene rings is 5. The smallest absolute Gasteiger partial charge is 0.0621 e. The zero-order valence-corrected chi connectivity index (χ0v) is 24.9. The predicted octanol–water partition coefficient (Wildman–Crippen LogP) is 10.3. The summed E-state index contributed by atoms with van der Waals surface area (Å²) in [5.74, 6) is 0.561. The van der Waals surface area contributed by atoms with Crippen LogP contribution in [0.1, 0.15) is 39.7 Å². The summed E-state index contributed by atoms with van der Waals surface area (Å²) in [5, 5.41) is 5.10. The van der Waals surface area contributed by atoms with Crippen molar-refractivity contribution in [1.82, 2.24) is 9.13 Å². The van der Waals surface area contributed by atoms with Gasteiger partial charge in [0, 0.05) is 32.9 Å². The predicted molar refractivity (Wildman–Crippen MR) is 178 cm³/mol. The zero-order valence-electron chi connectivity index (χ0n) is 24.9. The lowest BCUT2D eigenvalue weighted by Gasteiger charge is -2.23. The zero-order chi connectivity index (χ0) is 28.8. The highest BCUT2D eigenvalue weighted by Crippen LogP contribution is 2.36. The van der Waals surface area contributed by atoms with Crippen molar-refractivity contribution in [3.05, 3.63) is 121 Å². The van der Waals surface area contributed by atoms with Crippen LogP contribution in [0.15, 0.2) is 115 Å². The molecule has 0 amide bonds. The van der Waals surface area contributed by atoms with E-state index in [1.165, 1.54) is 60.5 Å². The van der Waals surface area contributed by atoms with E-state index in [0.717, 1.165) is 12.8 Å². The van der Waals surface area contributed by atoms with Gasteiger partial charge in [-0.2, -0.15) is 0 Å². The van der Waals surface area contributed by atoms with E-state index < -0.39 is 0 Å². The summed E-state index contributed by atoms with van der Waals surface area (Å²) < 4.78 is 11.4. The molecule has 5 aromatic carbocycles. The van der Waals surface area contributed by atoms with E-state index >= 15 is 0 Å². The second-order valence-corrected chi connectivity index (χ2v) is 12.2. The molecule has 2 heterocycles. The largest absolute Gasteiger partial charge is 0.375 e. The first-order valence-corrected chi connectivity index (χ1v) is 15.2. The van der Waals surface area contributed by atoms with Crippen molar-refractivity contribution in [3.8, 4) is 11.4 Å². The molecule has 1 unspecified atom stereocenters. The first kappa shape index (κ1) is 26.6. The van der Waals surface area contributed by atoms with Gasteiger partial charge in [-0.3, -0.25) is 0 Å². The topological polar surface area (TPSA) is 19.1 Å². The Morgan fingerprint density at radius 2 is 0.905 bits per heavy atom. The maximum atomic E-state index is 6.49. The van der Waals surface area contributed by atoms with Gasteiger partial charge in [0.25, 0.3) is 0 Å². The normalized spacial score (nSPS) is 12.9. The maximum Gasteiger partial charge on any atom is 0.0621 e. The molecule has 7 aromatic rings. The molecular formula is C39H38N2O. The minimum absolute atomic E-state index is 0.157. The van der Waals surface area contributed by atoms with Gasteiger partial charge in [-0.1, -0.05) is 86.6 Å². The minimum atomic E-state index is 0.157. The Morgan fingerprint density at radius 1 is 0.524 bits per heavy atom. The molecule has 0 saturated carbocycles. The molecule has 0 radical (unpaired) electrons. The molecule has 2 aromatic heterocycles. The van der Waals surface area contributed by atoms with Crippen LogP contribution < -0.4 is 0 Å². The van der Waals surface area contributed by atoms with E-state index in [4.69, 9.17) is 4.74 Å². The summed E-state index contributed by atoms with van der Waals surface area (Å²) in [4.78, 5) is 0. The molecule has 3 heteroatoms. The van der Waals surface area contributed by atoms with Gasteiger partial charge in [0.2, 0.25) is 0 Å². The van der Waals surface area contributed by atoms with Crippen molar-refractivity contribution in [2.75, 3.05) is 0 Å². The maximum absolute atomic E-state index is 6.49. The van der Waals surface area contributed by atoms with Crippen molar-refractivity contribution in [1.29, 1.82) is 0 Å². The Labute approximate surface area is 248 Å². The average Bonchev–Trinajstić information content (AvgIpc) is 3.49. The number of hydrogen-bond donors (Lipinski definition) is 0. The summed E-state index contributed by atoms with van der Waals surface area (Å²) in [6.07, 6.45) is 2.24.